The molecule has 136 valence electrons. The first-order chi connectivity index (χ1) is 12.3. The van der Waals surface area contributed by atoms with Crippen LogP contribution < -0.4 is 10.2 Å². The van der Waals surface area contributed by atoms with Crippen molar-refractivity contribution in [2.24, 2.45) is 0 Å². The van der Waals surface area contributed by atoms with Crippen molar-refractivity contribution in [3.05, 3.63) is 59.8 Å². The van der Waals surface area contributed by atoms with Gasteiger partial charge in [-0.3, -0.25) is 5.10 Å². The Hall–Kier alpha value is -3.17. The maximum absolute atomic E-state index is 13.2. The molecule has 0 radical (unpaired) electrons. The molecule has 0 amide bonds. The topological polar surface area (TPSA) is 82.6 Å². The van der Waals surface area contributed by atoms with Crippen LogP contribution >= 0.6 is 0 Å². The van der Waals surface area contributed by atoms with Gasteiger partial charge in [0, 0.05) is 20.2 Å². The lowest BCUT2D eigenvalue weighted by molar-refractivity contribution is -0.141. The first-order valence-electron chi connectivity index (χ1n) is 7.65. The average molecular weight is 363 g/mol. The number of H-pyrrole nitrogens is 1. The number of nitrogens with one attached hydrogen (secondary N) is 2. The number of aromatic nitrogens is 5. The van der Waals surface area contributed by atoms with E-state index in [0.717, 1.165) is 11.6 Å². The van der Waals surface area contributed by atoms with Gasteiger partial charge in [0.25, 0.3) is 0 Å². The minimum absolute atomic E-state index is 0.138. The predicted octanol–water partition coefficient (Wildman–Crippen LogP) is 2.88. The van der Waals surface area contributed by atoms with Gasteiger partial charge >= 0.3 is 6.18 Å². The molecule has 2 aromatic heterocycles. The quantitative estimate of drug-likeness (QED) is 0.725. The summed E-state index contributed by atoms with van der Waals surface area (Å²) in [6.07, 6.45) is -3.26. The van der Waals surface area contributed by atoms with Gasteiger partial charge in [0.2, 0.25) is 5.95 Å². The third kappa shape index (κ3) is 3.90. The van der Waals surface area contributed by atoms with Crippen molar-refractivity contribution < 1.29 is 13.2 Å². The fourth-order valence-corrected chi connectivity index (χ4v) is 2.31. The second kappa shape index (κ2) is 6.98. The summed E-state index contributed by atoms with van der Waals surface area (Å²) in [6.45, 7) is 0. The van der Waals surface area contributed by atoms with Crippen LogP contribution in [-0.2, 0) is 6.18 Å². The lowest BCUT2D eigenvalue weighted by Crippen LogP contribution is -2.20. The van der Waals surface area contributed by atoms with Gasteiger partial charge in [0.05, 0.1) is 0 Å². The molecule has 0 saturated heterocycles. The van der Waals surface area contributed by atoms with Crippen molar-refractivity contribution in [1.82, 2.24) is 25.1 Å². The van der Waals surface area contributed by atoms with E-state index in [1.807, 2.05) is 30.3 Å². The van der Waals surface area contributed by atoms with Gasteiger partial charge < -0.3 is 10.2 Å². The van der Waals surface area contributed by atoms with E-state index in [4.69, 9.17) is 0 Å². The highest BCUT2D eigenvalue weighted by molar-refractivity contribution is 5.46. The van der Waals surface area contributed by atoms with Gasteiger partial charge in [-0.15, -0.1) is 0 Å². The van der Waals surface area contributed by atoms with Gasteiger partial charge in [-0.1, -0.05) is 30.3 Å². The number of hydrogen-bond donors (Lipinski definition) is 2. The molecule has 0 saturated carbocycles. The van der Waals surface area contributed by atoms with Crippen LogP contribution in [0.4, 0.5) is 24.9 Å². The number of hydrogen-bond acceptors (Lipinski definition) is 6. The zero-order chi connectivity index (χ0) is 18.7. The molecule has 26 heavy (non-hydrogen) atoms. The molecule has 0 aliphatic heterocycles. The van der Waals surface area contributed by atoms with Gasteiger partial charge in [0.1, 0.15) is 18.2 Å². The van der Waals surface area contributed by atoms with Gasteiger partial charge in [-0.05, 0) is 5.56 Å². The summed E-state index contributed by atoms with van der Waals surface area (Å²) >= 11 is 0. The number of anilines is 2. The molecular weight excluding hydrogens is 347 g/mol. The number of rotatable bonds is 5. The zero-order valence-corrected chi connectivity index (χ0v) is 14.0. The minimum atomic E-state index is -4.58. The summed E-state index contributed by atoms with van der Waals surface area (Å²) in [5, 5.41) is 9.46. The number of benzene rings is 1. The van der Waals surface area contributed by atoms with Gasteiger partial charge in [0.15, 0.2) is 11.5 Å². The van der Waals surface area contributed by atoms with Crippen LogP contribution in [0.25, 0.3) is 0 Å². The maximum atomic E-state index is 13.2. The van der Waals surface area contributed by atoms with Crippen molar-refractivity contribution in [2.75, 3.05) is 24.3 Å². The fraction of sp³-hybridized carbons (Fsp3) is 0.250. The zero-order valence-electron chi connectivity index (χ0n) is 14.0. The highest BCUT2D eigenvalue weighted by Crippen LogP contribution is 2.31. The molecular formula is C16H16F3N7. The summed E-state index contributed by atoms with van der Waals surface area (Å²) < 4.78 is 39.5. The number of nitrogens with zero attached hydrogens (tertiary/aromatic N) is 5. The van der Waals surface area contributed by atoms with Crippen LogP contribution in [0.5, 0.6) is 0 Å². The number of halogens is 3. The van der Waals surface area contributed by atoms with Crippen molar-refractivity contribution in [2.45, 2.75) is 12.2 Å². The van der Waals surface area contributed by atoms with Crippen LogP contribution in [0.3, 0.4) is 0 Å². The standard InChI is InChI=1S/C16H16F3N7/c1-26(2)12-8-11(16(17,18)19)22-15(23-12)24-13(14-20-9-21-25-14)10-6-4-3-5-7-10/h3-9,13H,1-2H3,(H,20,21,25)(H,22,23,24)/t13-/m1/s1. The monoisotopic (exact) mass is 363 g/mol. The van der Waals surface area contributed by atoms with E-state index in [1.165, 1.54) is 11.2 Å². The Labute approximate surface area is 147 Å². The smallest absolute Gasteiger partial charge is 0.363 e. The van der Waals surface area contributed by atoms with Crippen molar-refractivity contribution in [3.63, 3.8) is 0 Å². The summed E-state index contributed by atoms with van der Waals surface area (Å²) in [6, 6.07) is 9.43. The second-order valence-corrected chi connectivity index (χ2v) is 5.69. The predicted molar refractivity (Wildman–Crippen MR) is 89.7 cm³/mol. The molecule has 2 N–H and O–H groups in total. The Morgan fingerprint density at radius 2 is 1.85 bits per heavy atom. The lowest BCUT2D eigenvalue weighted by atomic mass is 10.1. The number of aromatic amines is 1. The van der Waals surface area contributed by atoms with Crippen molar-refractivity contribution in [3.8, 4) is 0 Å². The molecule has 2 heterocycles. The molecule has 3 aromatic rings. The molecule has 0 spiro atoms. The van der Waals surface area contributed by atoms with E-state index < -0.39 is 17.9 Å². The van der Waals surface area contributed by atoms with E-state index in [0.29, 0.717) is 5.82 Å². The molecule has 3 rings (SSSR count). The lowest BCUT2D eigenvalue weighted by Gasteiger charge is -2.20. The number of alkyl halides is 3. The van der Waals surface area contributed by atoms with E-state index in [9.17, 15) is 13.2 Å². The van der Waals surface area contributed by atoms with Gasteiger partial charge in [-0.2, -0.15) is 23.3 Å². The summed E-state index contributed by atoms with van der Waals surface area (Å²) in [4.78, 5) is 13.4. The van der Waals surface area contributed by atoms with E-state index in [2.05, 4.69) is 30.5 Å². The Bertz CT molecular complexity index is 848. The average Bonchev–Trinajstić information content (AvgIpc) is 3.13. The SMILES string of the molecule is CN(C)c1cc(C(F)(F)F)nc(N[C@H](c2ccccc2)c2ncn[nH]2)n1. The fourth-order valence-electron chi connectivity index (χ4n) is 2.31. The van der Waals surface area contributed by atoms with E-state index >= 15 is 0 Å². The van der Waals surface area contributed by atoms with Crippen LogP contribution in [0.2, 0.25) is 0 Å². The highest BCUT2D eigenvalue weighted by Gasteiger charge is 2.34. The van der Waals surface area contributed by atoms with Crippen LogP contribution in [0.1, 0.15) is 23.1 Å². The van der Waals surface area contributed by atoms with E-state index in [1.54, 1.807) is 14.1 Å². The summed E-state index contributed by atoms with van der Waals surface area (Å²) in [7, 11) is 3.22. The van der Waals surface area contributed by atoms with Crippen molar-refractivity contribution in [1.29, 1.82) is 0 Å². The molecule has 1 aromatic carbocycles. The molecule has 7 nitrogen and oxygen atoms in total. The molecule has 0 aliphatic rings. The van der Waals surface area contributed by atoms with Crippen LogP contribution in [0.15, 0.2) is 42.7 Å². The molecule has 1 atom stereocenters. The Balaban J connectivity index is 2.03. The summed E-state index contributed by atoms with van der Waals surface area (Å²) in [5.74, 6) is 0.414. The summed E-state index contributed by atoms with van der Waals surface area (Å²) in [5.41, 5.74) is -0.250. The maximum Gasteiger partial charge on any atom is 0.433 e. The molecule has 10 heteroatoms. The van der Waals surface area contributed by atoms with E-state index in [-0.39, 0.29) is 11.8 Å². The minimum Gasteiger partial charge on any atom is -0.363 e. The second-order valence-electron chi connectivity index (χ2n) is 5.69. The third-order valence-corrected chi connectivity index (χ3v) is 3.57. The Kier molecular flexibility index (Phi) is 4.74. The van der Waals surface area contributed by atoms with Crippen molar-refractivity contribution >= 4 is 11.8 Å². The highest BCUT2D eigenvalue weighted by atomic mass is 19.4. The molecule has 0 unspecified atom stereocenters. The normalized spacial score (nSPS) is 12.7. The largest absolute Gasteiger partial charge is 0.433 e. The third-order valence-electron chi connectivity index (χ3n) is 3.57. The Morgan fingerprint density at radius 1 is 1.12 bits per heavy atom. The first kappa shape index (κ1) is 17.6. The molecule has 0 fully saturated rings. The van der Waals surface area contributed by atoms with Gasteiger partial charge in [-0.25, -0.2) is 9.97 Å². The van der Waals surface area contributed by atoms with Crippen LogP contribution in [-0.4, -0.2) is 39.2 Å². The molecule has 0 aliphatic carbocycles. The first-order valence-corrected chi connectivity index (χ1v) is 7.65. The molecule has 0 bridgehead atoms. The Morgan fingerprint density at radius 3 is 2.42 bits per heavy atom. The van der Waals surface area contributed by atoms with Crippen LogP contribution in [0, 0.1) is 0 Å².